The van der Waals surface area contributed by atoms with Gasteiger partial charge in [-0.1, -0.05) is 0 Å². The third-order valence-electron chi connectivity index (χ3n) is 2.83. The predicted octanol–water partition coefficient (Wildman–Crippen LogP) is 2.92. The van der Waals surface area contributed by atoms with Gasteiger partial charge in [0.15, 0.2) is 5.22 Å². The van der Waals surface area contributed by atoms with Crippen LogP contribution in [-0.2, 0) is 6.54 Å². The van der Waals surface area contributed by atoms with Crippen LogP contribution in [0.4, 0.5) is 0 Å². The summed E-state index contributed by atoms with van der Waals surface area (Å²) in [7, 11) is 0. The first-order valence-corrected chi connectivity index (χ1v) is 4.95. The Hall–Kier alpha value is -0.470. The molecule has 2 nitrogen and oxygen atoms in total. The summed E-state index contributed by atoms with van der Waals surface area (Å²) >= 11 is 5.69. The lowest BCUT2D eigenvalue weighted by atomic mass is 9.89. The molecule has 0 unspecified atom stereocenters. The molecule has 1 aromatic rings. The normalized spacial score (nSPS) is 21.5. The van der Waals surface area contributed by atoms with Gasteiger partial charge in [-0.2, -0.15) is 0 Å². The molecule has 0 radical (unpaired) electrons. The van der Waals surface area contributed by atoms with E-state index < -0.39 is 0 Å². The average Bonchev–Trinajstić information content (AvgIpc) is 2.46. The lowest BCUT2D eigenvalue weighted by molar-refractivity contribution is 0.00244. The topological polar surface area (TPSA) is 16.4 Å². The molecule has 1 aromatic heterocycles. The number of hydrogen-bond acceptors (Lipinski definition) is 2. The van der Waals surface area contributed by atoms with Crippen molar-refractivity contribution in [3.63, 3.8) is 0 Å². The zero-order chi connectivity index (χ0) is 9.47. The van der Waals surface area contributed by atoms with Gasteiger partial charge in [-0.3, -0.25) is 4.90 Å². The first-order chi connectivity index (χ1) is 6.08. The Bertz CT molecular complexity index is 306. The van der Waals surface area contributed by atoms with Crippen LogP contribution in [0.1, 0.15) is 26.0 Å². The van der Waals surface area contributed by atoms with Gasteiger partial charge >= 0.3 is 0 Å². The second kappa shape index (κ2) is 3.03. The van der Waals surface area contributed by atoms with Gasteiger partial charge in [-0.25, -0.2) is 0 Å². The van der Waals surface area contributed by atoms with Gasteiger partial charge < -0.3 is 4.42 Å². The first kappa shape index (κ1) is 9.10. The average molecular weight is 200 g/mol. The molecule has 3 heteroatoms. The molecule has 13 heavy (non-hydrogen) atoms. The van der Waals surface area contributed by atoms with Crippen molar-refractivity contribution in [3.05, 3.63) is 23.1 Å². The van der Waals surface area contributed by atoms with Crippen molar-refractivity contribution < 1.29 is 4.42 Å². The van der Waals surface area contributed by atoms with Gasteiger partial charge in [0.2, 0.25) is 0 Å². The Morgan fingerprint density at radius 1 is 1.54 bits per heavy atom. The van der Waals surface area contributed by atoms with E-state index in [1.54, 1.807) is 6.07 Å². The Balaban J connectivity index is 1.99. The number of furan rings is 1. The van der Waals surface area contributed by atoms with E-state index in [9.17, 15) is 0 Å². The van der Waals surface area contributed by atoms with Gasteiger partial charge in [-0.15, -0.1) is 0 Å². The summed E-state index contributed by atoms with van der Waals surface area (Å²) < 4.78 is 5.31. The minimum Gasteiger partial charge on any atom is -0.448 e. The molecule has 0 amide bonds. The molecular weight excluding hydrogens is 186 g/mol. The molecule has 1 aliphatic heterocycles. The molecule has 0 atom stereocenters. The third-order valence-corrected chi connectivity index (χ3v) is 3.03. The van der Waals surface area contributed by atoms with E-state index in [-0.39, 0.29) is 0 Å². The van der Waals surface area contributed by atoms with Crippen molar-refractivity contribution >= 4 is 11.6 Å². The van der Waals surface area contributed by atoms with Gasteiger partial charge in [0, 0.05) is 12.1 Å². The van der Waals surface area contributed by atoms with Crippen molar-refractivity contribution in [2.75, 3.05) is 6.54 Å². The summed E-state index contributed by atoms with van der Waals surface area (Å²) in [6.45, 7) is 6.53. The SMILES string of the molecule is CC1(C)CCN1Cc1ccc(Cl)o1. The minimum atomic E-state index is 0.333. The second-order valence-electron chi connectivity index (χ2n) is 4.19. The first-order valence-electron chi connectivity index (χ1n) is 4.57. The molecule has 1 aliphatic rings. The molecule has 0 N–H and O–H groups in total. The summed E-state index contributed by atoms with van der Waals surface area (Å²) in [5.74, 6) is 0.956. The van der Waals surface area contributed by atoms with E-state index in [4.69, 9.17) is 16.0 Å². The predicted molar refractivity (Wildman–Crippen MR) is 52.8 cm³/mol. The maximum Gasteiger partial charge on any atom is 0.193 e. The number of hydrogen-bond donors (Lipinski definition) is 0. The highest BCUT2D eigenvalue weighted by Crippen LogP contribution is 2.31. The van der Waals surface area contributed by atoms with Crippen LogP contribution < -0.4 is 0 Å². The fourth-order valence-corrected chi connectivity index (χ4v) is 1.80. The van der Waals surface area contributed by atoms with Gasteiger partial charge in [0.1, 0.15) is 5.76 Å². The van der Waals surface area contributed by atoms with Crippen LogP contribution in [0, 0.1) is 0 Å². The summed E-state index contributed by atoms with van der Waals surface area (Å²) in [5, 5.41) is 0.480. The second-order valence-corrected chi connectivity index (χ2v) is 4.56. The van der Waals surface area contributed by atoms with Crippen LogP contribution in [0.3, 0.4) is 0 Å². The lowest BCUT2D eigenvalue weighted by Gasteiger charge is -2.48. The minimum absolute atomic E-state index is 0.333. The zero-order valence-corrected chi connectivity index (χ0v) is 8.77. The van der Waals surface area contributed by atoms with Crippen molar-refractivity contribution in [3.8, 4) is 0 Å². The Labute approximate surface area is 83.5 Å². The fraction of sp³-hybridized carbons (Fsp3) is 0.600. The highest BCUT2D eigenvalue weighted by atomic mass is 35.5. The van der Waals surface area contributed by atoms with Gasteiger partial charge in [-0.05, 0) is 44.0 Å². The number of rotatable bonds is 2. The molecule has 0 saturated carbocycles. The fourth-order valence-electron chi connectivity index (χ4n) is 1.64. The van der Waals surface area contributed by atoms with E-state index >= 15 is 0 Å². The highest BCUT2D eigenvalue weighted by Gasteiger charge is 2.35. The molecule has 0 spiro atoms. The molecule has 2 heterocycles. The number of halogens is 1. The third kappa shape index (κ3) is 1.74. The summed E-state index contributed by atoms with van der Waals surface area (Å²) in [5.41, 5.74) is 0.333. The van der Waals surface area contributed by atoms with E-state index in [0.717, 1.165) is 18.8 Å². The van der Waals surface area contributed by atoms with E-state index in [0.29, 0.717) is 10.8 Å². The van der Waals surface area contributed by atoms with Gasteiger partial charge in [0.25, 0.3) is 0 Å². The van der Waals surface area contributed by atoms with Crippen LogP contribution in [0.5, 0.6) is 0 Å². The van der Waals surface area contributed by atoms with E-state index in [1.165, 1.54) is 6.42 Å². The maximum atomic E-state index is 5.69. The Morgan fingerprint density at radius 2 is 2.31 bits per heavy atom. The molecule has 0 bridgehead atoms. The molecule has 0 aromatic carbocycles. The van der Waals surface area contributed by atoms with Gasteiger partial charge in [0.05, 0.1) is 6.54 Å². The standard InChI is InChI=1S/C10H14ClNO/c1-10(2)5-6-12(10)7-8-3-4-9(11)13-8/h3-4H,5-7H2,1-2H3. The summed E-state index contributed by atoms with van der Waals surface area (Å²) in [6.07, 6.45) is 1.27. The summed E-state index contributed by atoms with van der Waals surface area (Å²) in [4.78, 5) is 2.39. The van der Waals surface area contributed by atoms with Crippen LogP contribution in [-0.4, -0.2) is 17.0 Å². The van der Waals surface area contributed by atoms with Crippen LogP contribution >= 0.6 is 11.6 Å². The molecule has 2 rings (SSSR count). The van der Waals surface area contributed by atoms with Crippen molar-refractivity contribution in [1.82, 2.24) is 4.90 Å². The molecule has 1 fully saturated rings. The molecule has 72 valence electrons. The smallest absolute Gasteiger partial charge is 0.193 e. The molecular formula is C10H14ClNO. The Kier molecular flexibility index (Phi) is 2.12. The molecule has 0 aliphatic carbocycles. The molecule has 1 saturated heterocycles. The van der Waals surface area contributed by atoms with E-state index in [2.05, 4.69) is 18.7 Å². The summed E-state index contributed by atoms with van der Waals surface area (Å²) in [6, 6.07) is 3.74. The van der Waals surface area contributed by atoms with Crippen LogP contribution in [0.25, 0.3) is 0 Å². The zero-order valence-electron chi connectivity index (χ0n) is 8.01. The van der Waals surface area contributed by atoms with E-state index in [1.807, 2.05) is 6.07 Å². The Morgan fingerprint density at radius 3 is 2.69 bits per heavy atom. The maximum absolute atomic E-state index is 5.69. The van der Waals surface area contributed by atoms with Crippen molar-refractivity contribution in [2.45, 2.75) is 32.4 Å². The largest absolute Gasteiger partial charge is 0.448 e. The van der Waals surface area contributed by atoms with Crippen molar-refractivity contribution in [2.24, 2.45) is 0 Å². The highest BCUT2D eigenvalue weighted by molar-refractivity contribution is 6.28. The monoisotopic (exact) mass is 199 g/mol. The van der Waals surface area contributed by atoms with Crippen LogP contribution in [0.2, 0.25) is 5.22 Å². The van der Waals surface area contributed by atoms with Crippen molar-refractivity contribution in [1.29, 1.82) is 0 Å². The quantitative estimate of drug-likeness (QED) is 0.728. The van der Waals surface area contributed by atoms with Crippen LogP contribution in [0.15, 0.2) is 16.5 Å². The lowest BCUT2D eigenvalue weighted by Crippen LogP contribution is -2.54. The number of likely N-dealkylation sites (tertiary alicyclic amines) is 1. The number of nitrogens with zero attached hydrogens (tertiary/aromatic N) is 1.